The van der Waals surface area contributed by atoms with Gasteiger partial charge in [0, 0.05) is 5.88 Å². The van der Waals surface area contributed by atoms with Crippen molar-refractivity contribution in [2.24, 2.45) is 0 Å². The average Bonchev–Trinajstić information content (AvgIpc) is 2.19. The van der Waals surface area contributed by atoms with Crippen LogP contribution in [0.4, 0.5) is 13.2 Å². The molecule has 0 aliphatic carbocycles. The van der Waals surface area contributed by atoms with Gasteiger partial charge in [-0.15, -0.1) is 11.6 Å². The third kappa shape index (κ3) is 2.79. The fourth-order valence-electron chi connectivity index (χ4n) is 1.09. The molecule has 1 rings (SSSR count). The Hall–Kier alpha value is -1.43. The van der Waals surface area contributed by atoms with Crippen LogP contribution < -0.4 is 4.74 Å². The van der Waals surface area contributed by atoms with Crippen LogP contribution in [0.15, 0.2) is 12.1 Å². The van der Waals surface area contributed by atoms with Gasteiger partial charge in [-0.05, 0) is 17.7 Å². The number of rotatable bonds is 4. The first kappa shape index (κ1) is 12.6. The molecule has 7 heteroatoms. The number of hydrogen-bond acceptors (Lipinski definition) is 2. The molecule has 1 aromatic rings. The highest BCUT2D eigenvalue weighted by molar-refractivity contribution is 6.17. The van der Waals surface area contributed by atoms with Crippen molar-refractivity contribution in [2.45, 2.75) is 12.5 Å². The van der Waals surface area contributed by atoms with Crippen molar-refractivity contribution in [1.82, 2.24) is 0 Å². The first-order valence-electron chi connectivity index (χ1n) is 4.02. The van der Waals surface area contributed by atoms with E-state index in [4.69, 9.17) is 16.7 Å². The van der Waals surface area contributed by atoms with Gasteiger partial charge < -0.3 is 9.84 Å². The highest BCUT2D eigenvalue weighted by Crippen LogP contribution is 2.27. The Balaban J connectivity index is 3.28. The Morgan fingerprint density at radius 3 is 2.56 bits per heavy atom. The molecule has 3 nitrogen and oxygen atoms in total. The Labute approximate surface area is 93.4 Å². The summed E-state index contributed by atoms with van der Waals surface area (Å²) in [5.74, 6) is -3.87. The molecule has 1 aromatic carbocycles. The molecule has 0 atom stereocenters. The zero-order valence-electron chi connectivity index (χ0n) is 7.71. The molecular weight excluding hydrogens is 249 g/mol. The molecule has 0 amide bonds. The summed E-state index contributed by atoms with van der Waals surface area (Å²) in [6.45, 7) is -3.30. The number of carboxylic acid groups (broad SMARTS) is 1. The smallest absolute Gasteiger partial charge is 0.387 e. The minimum atomic E-state index is -3.30. The number of alkyl halides is 3. The number of ether oxygens (including phenoxy) is 1. The summed E-state index contributed by atoms with van der Waals surface area (Å²) < 4.78 is 40.9. The molecule has 0 radical (unpaired) electrons. The van der Waals surface area contributed by atoms with Crippen molar-refractivity contribution in [2.75, 3.05) is 0 Å². The summed E-state index contributed by atoms with van der Waals surface area (Å²) in [5.41, 5.74) is -0.519. The van der Waals surface area contributed by atoms with Crippen LogP contribution in [0, 0.1) is 5.82 Å². The van der Waals surface area contributed by atoms with E-state index in [1.165, 1.54) is 0 Å². The van der Waals surface area contributed by atoms with Gasteiger partial charge in [0.2, 0.25) is 0 Å². The molecule has 88 valence electrons. The molecule has 0 heterocycles. The summed E-state index contributed by atoms with van der Waals surface area (Å²) in [6.07, 6.45) is 0. The third-order valence-corrected chi connectivity index (χ3v) is 2.00. The maximum absolute atomic E-state index is 13.2. The first-order valence-corrected chi connectivity index (χ1v) is 4.55. The SMILES string of the molecule is O=C(O)c1cc(CCl)cc(F)c1OC(F)F. The van der Waals surface area contributed by atoms with Crippen molar-refractivity contribution in [3.8, 4) is 5.75 Å². The van der Waals surface area contributed by atoms with Crippen LogP contribution in [0.1, 0.15) is 15.9 Å². The fourth-order valence-corrected chi connectivity index (χ4v) is 1.25. The second-order valence-electron chi connectivity index (χ2n) is 2.77. The van der Waals surface area contributed by atoms with Gasteiger partial charge in [0.15, 0.2) is 11.6 Å². The Kier molecular flexibility index (Phi) is 4.00. The van der Waals surface area contributed by atoms with Crippen LogP contribution in [0.5, 0.6) is 5.75 Å². The highest BCUT2D eigenvalue weighted by atomic mass is 35.5. The number of aromatic carboxylic acids is 1. The van der Waals surface area contributed by atoms with Crippen LogP contribution in [-0.4, -0.2) is 17.7 Å². The van der Waals surface area contributed by atoms with Gasteiger partial charge in [0.05, 0.1) is 0 Å². The molecule has 0 bridgehead atoms. The van der Waals surface area contributed by atoms with Crippen molar-refractivity contribution in [3.05, 3.63) is 29.1 Å². The number of hydrogen-bond donors (Lipinski definition) is 1. The number of halogens is 4. The Bertz CT molecular complexity index is 409. The molecule has 1 N–H and O–H groups in total. The lowest BCUT2D eigenvalue weighted by Crippen LogP contribution is -2.10. The quantitative estimate of drug-likeness (QED) is 0.841. The van der Waals surface area contributed by atoms with Gasteiger partial charge in [-0.3, -0.25) is 0 Å². The van der Waals surface area contributed by atoms with Gasteiger partial charge in [0.1, 0.15) is 5.56 Å². The third-order valence-electron chi connectivity index (χ3n) is 1.70. The summed E-state index contributed by atoms with van der Waals surface area (Å²) in [7, 11) is 0. The van der Waals surface area contributed by atoms with E-state index < -0.39 is 29.7 Å². The van der Waals surface area contributed by atoms with Gasteiger partial charge in [0.25, 0.3) is 0 Å². The highest BCUT2D eigenvalue weighted by Gasteiger charge is 2.20. The van der Waals surface area contributed by atoms with E-state index in [1.807, 2.05) is 0 Å². The molecule has 0 saturated heterocycles. The summed E-state index contributed by atoms with van der Waals surface area (Å²) in [6, 6.07) is 1.83. The largest absolute Gasteiger partial charge is 0.478 e. The summed E-state index contributed by atoms with van der Waals surface area (Å²) >= 11 is 5.39. The van der Waals surface area contributed by atoms with Gasteiger partial charge in [-0.25, -0.2) is 9.18 Å². The van der Waals surface area contributed by atoms with Crippen molar-refractivity contribution in [3.63, 3.8) is 0 Å². The predicted molar refractivity (Wildman–Crippen MR) is 49.5 cm³/mol. The van der Waals surface area contributed by atoms with E-state index in [0.29, 0.717) is 0 Å². The van der Waals surface area contributed by atoms with Crippen LogP contribution in [0.3, 0.4) is 0 Å². The zero-order valence-corrected chi connectivity index (χ0v) is 8.47. The van der Waals surface area contributed by atoms with Crippen LogP contribution >= 0.6 is 11.6 Å². The van der Waals surface area contributed by atoms with E-state index in [9.17, 15) is 18.0 Å². The normalized spacial score (nSPS) is 10.6. The summed E-state index contributed by atoms with van der Waals surface area (Å²) in [5, 5.41) is 8.69. The number of benzene rings is 1. The average molecular weight is 255 g/mol. The monoisotopic (exact) mass is 254 g/mol. The molecule has 0 spiro atoms. The predicted octanol–water partition coefficient (Wildman–Crippen LogP) is 2.86. The fraction of sp³-hybridized carbons (Fsp3) is 0.222. The van der Waals surface area contributed by atoms with Gasteiger partial charge >= 0.3 is 12.6 Å². The molecule has 16 heavy (non-hydrogen) atoms. The minimum absolute atomic E-state index is 0.133. The molecule has 0 saturated carbocycles. The molecule has 0 aliphatic heterocycles. The van der Waals surface area contributed by atoms with E-state index in [0.717, 1.165) is 12.1 Å². The van der Waals surface area contributed by atoms with Crippen LogP contribution in [-0.2, 0) is 5.88 Å². The lowest BCUT2D eigenvalue weighted by molar-refractivity contribution is -0.0527. The van der Waals surface area contributed by atoms with E-state index >= 15 is 0 Å². The molecule has 0 aliphatic rings. The molecule has 0 aromatic heterocycles. The van der Waals surface area contributed by atoms with Crippen molar-refractivity contribution in [1.29, 1.82) is 0 Å². The van der Waals surface area contributed by atoms with Crippen molar-refractivity contribution >= 4 is 17.6 Å². The standard InChI is InChI=1S/C9H6ClF3O3/c10-3-4-1-5(8(14)15)7(6(11)2-4)16-9(12)13/h1-2,9H,3H2,(H,14,15). The topological polar surface area (TPSA) is 46.5 Å². The van der Waals surface area contributed by atoms with E-state index in [2.05, 4.69) is 4.74 Å². The first-order chi connectivity index (χ1) is 7.45. The maximum Gasteiger partial charge on any atom is 0.387 e. The van der Waals surface area contributed by atoms with Crippen LogP contribution in [0.25, 0.3) is 0 Å². The molecular formula is C9H6ClF3O3. The Morgan fingerprint density at radius 1 is 1.50 bits per heavy atom. The Morgan fingerprint density at radius 2 is 2.12 bits per heavy atom. The second-order valence-corrected chi connectivity index (χ2v) is 3.04. The molecule has 0 fully saturated rings. The molecule has 0 unspecified atom stereocenters. The number of carboxylic acids is 1. The van der Waals surface area contributed by atoms with Crippen LogP contribution in [0.2, 0.25) is 0 Å². The van der Waals surface area contributed by atoms with Crippen molar-refractivity contribution < 1.29 is 27.8 Å². The second kappa shape index (κ2) is 5.07. The van der Waals surface area contributed by atoms with E-state index in [-0.39, 0.29) is 11.4 Å². The maximum atomic E-state index is 13.2. The van der Waals surface area contributed by atoms with Gasteiger partial charge in [-0.1, -0.05) is 0 Å². The van der Waals surface area contributed by atoms with E-state index in [1.54, 1.807) is 0 Å². The number of carbonyl (C=O) groups is 1. The lowest BCUT2D eigenvalue weighted by atomic mass is 10.1. The lowest BCUT2D eigenvalue weighted by Gasteiger charge is -2.10. The zero-order chi connectivity index (χ0) is 12.3. The summed E-state index contributed by atoms with van der Waals surface area (Å²) in [4.78, 5) is 10.7. The van der Waals surface area contributed by atoms with Gasteiger partial charge in [-0.2, -0.15) is 8.78 Å². The minimum Gasteiger partial charge on any atom is -0.478 e.